The minimum Gasteiger partial charge on any atom is -0.496 e. The third-order valence-corrected chi connectivity index (χ3v) is 4.04. The van der Waals surface area contributed by atoms with Gasteiger partial charge in [0.05, 0.1) is 20.3 Å². The van der Waals surface area contributed by atoms with Crippen LogP contribution in [0.2, 0.25) is 0 Å². The first-order valence-corrected chi connectivity index (χ1v) is 8.05. The molecule has 4 N–H and O–H groups in total. The van der Waals surface area contributed by atoms with E-state index >= 15 is 0 Å². The Morgan fingerprint density at radius 3 is 2.04 bits per heavy atom. The Hall–Kier alpha value is -3.22. The molecule has 0 fully saturated rings. The van der Waals surface area contributed by atoms with Crippen molar-refractivity contribution in [3.8, 4) is 11.5 Å². The van der Waals surface area contributed by atoms with E-state index in [1.165, 1.54) is 0 Å². The Kier molecular flexibility index (Phi) is 6.06. The zero-order chi connectivity index (χ0) is 19.3. The second kappa shape index (κ2) is 8.24. The molecule has 0 radical (unpaired) electrons. The van der Waals surface area contributed by atoms with E-state index in [4.69, 9.17) is 15.2 Å². The number of amides is 3. The highest BCUT2D eigenvalue weighted by molar-refractivity contribution is 5.95. The summed E-state index contributed by atoms with van der Waals surface area (Å²) in [6.07, 6.45) is 0. The van der Waals surface area contributed by atoms with Crippen molar-refractivity contribution in [3.63, 3.8) is 0 Å². The fraction of sp³-hybridized carbons (Fsp3) is 0.263. The van der Waals surface area contributed by atoms with Crippen LogP contribution < -0.4 is 25.8 Å². The molecule has 0 bridgehead atoms. The quantitative estimate of drug-likeness (QED) is 0.739. The molecule has 0 unspecified atom stereocenters. The number of carbonyl (C=O) groups excluding carboxylic acids is 2. The summed E-state index contributed by atoms with van der Waals surface area (Å²) in [4.78, 5) is 23.4. The number of primary amides is 1. The Labute approximate surface area is 152 Å². The van der Waals surface area contributed by atoms with Crippen LogP contribution in [0.4, 0.5) is 10.5 Å². The predicted octanol–water partition coefficient (Wildman–Crippen LogP) is 2.99. The number of methoxy groups -OCH3 is 2. The number of hydrogen-bond acceptors (Lipinski definition) is 4. The Morgan fingerprint density at radius 1 is 1.04 bits per heavy atom. The van der Waals surface area contributed by atoms with Crippen LogP contribution in [-0.4, -0.2) is 26.2 Å². The maximum Gasteiger partial charge on any atom is 0.316 e. The molecule has 2 aromatic carbocycles. The summed E-state index contributed by atoms with van der Waals surface area (Å²) in [5.41, 5.74) is 7.84. The van der Waals surface area contributed by atoms with Crippen LogP contribution in [0.25, 0.3) is 0 Å². The second-order valence-corrected chi connectivity index (χ2v) is 5.81. The normalized spacial score (nSPS) is 11.4. The van der Waals surface area contributed by atoms with Crippen LogP contribution >= 0.6 is 0 Å². The molecule has 0 saturated carbocycles. The highest BCUT2D eigenvalue weighted by Crippen LogP contribution is 2.29. The molecule has 0 saturated heterocycles. The standard InChI is InChI=1S/C19H23N3O4/c1-11-16(25-3)9-14(10-17(11)26-4)18(23)21-12(2)13-5-7-15(8-6-13)22-19(20)24/h5-10,12H,1-4H3,(H,21,23)(H3,20,22,24)/t12-/m1/s1. The zero-order valence-corrected chi connectivity index (χ0v) is 15.3. The highest BCUT2D eigenvalue weighted by Gasteiger charge is 2.16. The molecule has 7 heteroatoms. The summed E-state index contributed by atoms with van der Waals surface area (Å²) in [6.45, 7) is 3.74. The average Bonchev–Trinajstić information content (AvgIpc) is 2.61. The van der Waals surface area contributed by atoms with Gasteiger partial charge in [0.2, 0.25) is 0 Å². The Bertz CT molecular complexity index is 778. The van der Waals surface area contributed by atoms with Crippen molar-refractivity contribution in [2.75, 3.05) is 19.5 Å². The number of rotatable bonds is 6. The van der Waals surface area contributed by atoms with Gasteiger partial charge in [0.25, 0.3) is 5.91 Å². The maximum absolute atomic E-state index is 12.6. The van der Waals surface area contributed by atoms with Gasteiger partial charge in [0, 0.05) is 16.8 Å². The molecule has 0 aliphatic rings. The van der Waals surface area contributed by atoms with Crippen molar-refractivity contribution in [1.29, 1.82) is 0 Å². The zero-order valence-electron chi connectivity index (χ0n) is 15.3. The van der Waals surface area contributed by atoms with Crippen molar-refractivity contribution in [2.45, 2.75) is 19.9 Å². The van der Waals surface area contributed by atoms with E-state index < -0.39 is 6.03 Å². The molecule has 26 heavy (non-hydrogen) atoms. The van der Waals surface area contributed by atoms with Crippen LogP contribution in [0.3, 0.4) is 0 Å². The van der Waals surface area contributed by atoms with Crippen LogP contribution in [0, 0.1) is 6.92 Å². The molecule has 7 nitrogen and oxygen atoms in total. The van der Waals surface area contributed by atoms with Crippen LogP contribution in [0.5, 0.6) is 11.5 Å². The minimum atomic E-state index is -0.624. The van der Waals surface area contributed by atoms with Gasteiger partial charge in [0.1, 0.15) is 11.5 Å². The first-order chi connectivity index (χ1) is 12.3. The molecule has 3 amide bonds. The summed E-state index contributed by atoms with van der Waals surface area (Å²) in [5, 5.41) is 5.42. The van der Waals surface area contributed by atoms with Gasteiger partial charge in [-0.05, 0) is 43.7 Å². The summed E-state index contributed by atoms with van der Waals surface area (Å²) >= 11 is 0. The van der Waals surface area contributed by atoms with Crippen molar-refractivity contribution in [1.82, 2.24) is 5.32 Å². The van der Waals surface area contributed by atoms with Crippen molar-refractivity contribution >= 4 is 17.6 Å². The fourth-order valence-electron chi connectivity index (χ4n) is 2.58. The first kappa shape index (κ1) is 19.1. The lowest BCUT2D eigenvalue weighted by atomic mass is 10.1. The van der Waals surface area contributed by atoms with Crippen LogP contribution in [0.1, 0.15) is 34.5 Å². The summed E-state index contributed by atoms with van der Waals surface area (Å²) in [5.74, 6) is 0.932. The summed E-state index contributed by atoms with van der Waals surface area (Å²) < 4.78 is 10.6. The molecule has 2 aromatic rings. The fourth-order valence-corrected chi connectivity index (χ4v) is 2.58. The number of hydrogen-bond donors (Lipinski definition) is 3. The third-order valence-electron chi connectivity index (χ3n) is 4.04. The number of carbonyl (C=O) groups is 2. The number of nitrogens with one attached hydrogen (secondary N) is 2. The molecule has 0 spiro atoms. The second-order valence-electron chi connectivity index (χ2n) is 5.81. The molecule has 0 aromatic heterocycles. The number of benzene rings is 2. The monoisotopic (exact) mass is 357 g/mol. The van der Waals surface area contributed by atoms with Crippen molar-refractivity contribution in [3.05, 3.63) is 53.1 Å². The molecular weight excluding hydrogens is 334 g/mol. The number of anilines is 1. The number of nitrogens with two attached hydrogens (primary N) is 1. The minimum absolute atomic E-state index is 0.233. The Morgan fingerprint density at radius 2 is 1.58 bits per heavy atom. The topological polar surface area (TPSA) is 103 Å². The van der Waals surface area contributed by atoms with E-state index in [1.807, 2.05) is 26.0 Å². The van der Waals surface area contributed by atoms with Gasteiger partial charge >= 0.3 is 6.03 Å². The van der Waals surface area contributed by atoms with E-state index in [0.29, 0.717) is 22.7 Å². The van der Waals surface area contributed by atoms with Crippen LogP contribution in [-0.2, 0) is 0 Å². The predicted molar refractivity (Wildman–Crippen MR) is 99.8 cm³/mol. The van der Waals surface area contributed by atoms with Gasteiger partial charge in [-0.15, -0.1) is 0 Å². The highest BCUT2D eigenvalue weighted by atomic mass is 16.5. The molecular formula is C19H23N3O4. The van der Waals surface area contributed by atoms with Gasteiger partial charge < -0.3 is 25.8 Å². The number of urea groups is 1. The van der Waals surface area contributed by atoms with Gasteiger partial charge in [0.15, 0.2) is 0 Å². The van der Waals surface area contributed by atoms with Crippen molar-refractivity contribution in [2.24, 2.45) is 5.73 Å². The van der Waals surface area contributed by atoms with Crippen molar-refractivity contribution < 1.29 is 19.1 Å². The smallest absolute Gasteiger partial charge is 0.316 e. The van der Waals surface area contributed by atoms with Gasteiger partial charge in [-0.3, -0.25) is 4.79 Å². The average molecular weight is 357 g/mol. The van der Waals surface area contributed by atoms with Gasteiger partial charge in [-0.1, -0.05) is 12.1 Å². The number of ether oxygens (including phenoxy) is 2. The summed E-state index contributed by atoms with van der Waals surface area (Å²) in [7, 11) is 3.10. The summed E-state index contributed by atoms with van der Waals surface area (Å²) in [6, 6.07) is 9.57. The largest absolute Gasteiger partial charge is 0.496 e. The molecule has 0 heterocycles. The van der Waals surface area contributed by atoms with E-state index in [-0.39, 0.29) is 11.9 Å². The van der Waals surface area contributed by atoms with E-state index in [9.17, 15) is 9.59 Å². The van der Waals surface area contributed by atoms with E-state index in [0.717, 1.165) is 11.1 Å². The van der Waals surface area contributed by atoms with Gasteiger partial charge in [-0.25, -0.2) is 4.79 Å². The molecule has 0 aliphatic carbocycles. The SMILES string of the molecule is COc1cc(C(=O)N[C@H](C)c2ccc(NC(N)=O)cc2)cc(OC)c1C. The molecule has 0 aliphatic heterocycles. The third kappa shape index (κ3) is 4.44. The van der Waals surface area contributed by atoms with Gasteiger partial charge in [-0.2, -0.15) is 0 Å². The molecule has 138 valence electrons. The lowest BCUT2D eigenvalue weighted by molar-refractivity contribution is 0.0939. The van der Waals surface area contributed by atoms with E-state index in [2.05, 4.69) is 10.6 Å². The molecule has 1 atom stereocenters. The molecule has 2 rings (SSSR count). The lowest BCUT2D eigenvalue weighted by Gasteiger charge is -2.17. The lowest BCUT2D eigenvalue weighted by Crippen LogP contribution is -2.26. The maximum atomic E-state index is 12.6. The van der Waals surface area contributed by atoms with Crippen LogP contribution in [0.15, 0.2) is 36.4 Å². The van der Waals surface area contributed by atoms with E-state index in [1.54, 1.807) is 38.5 Å². The Balaban J connectivity index is 2.15. The first-order valence-electron chi connectivity index (χ1n) is 8.05.